The van der Waals surface area contributed by atoms with Crippen LogP contribution in [-0.4, -0.2) is 32.9 Å². The molecule has 2 rings (SSSR count). The van der Waals surface area contributed by atoms with E-state index in [1.807, 2.05) is 20.8 Å². The fourth-order valence-corrected chi connectivity index (χ4v) is 5.45. The van der Waals surface area contributed by atoms with Crippen LogP contribution in [0.1, 0.15) is 50.9 Å². The van der Waals surface area contributed by atoms with Crippen LogP contribution in [0.2, 0.25) is 0 Å². The predicted octanol–water partition coefficient (Wildman–Crippen LogP) is 5.39. The maximum absolute atomic E-state index is 12.7. The number of aromatic nitrogens is 2. The Kier molecular flexibility index (Phi) is 8.79. The molecule has 1 aromatic heterocycles. The summed E-state index contributed by atoms with van der Waals surface area (Å²) in [5.41, 5.74) is 1.32. The van der Waals surface area contributed by atoms with Gasteiger partial charge in [-0.2, -0.15) is 0 Å². The van der Waals surface area contributed by atoms with E-state index in [0.29, 0.717) is 11.3 Å². The second-order valence-electron chi connectivity index (χ2n) is 6.38. The minimum absolute atomic E-state index is 0.0390. The van der Waals surface area contributed by atoms with Crippen LogP contribution in [0, 0.1) is 5.92 Å². The molecule has 8 heteroatoms. The number of nitrogens with one attached hydrogen (secondary N) is 1. The van der Waals surface area contributed by atoms with Crippen molar-refractivity contribution < 1.29 is 9.59 Å². The van der Waals surface area contributed by atoms with Crippen molar-refractivity contribution in [1.82, 2.24) is 10.2 Å². The first-order chi connectivity index (χ1) is 12.9. The van der Waals surface area contributed by atoms with E-state index < -0.39 is 0 Å². The highest BCUT2D eigenvalue weighted by Crippen LogP contribution is 2.32. The van der Waals surface area contributed by atoms with Gasteiger partial charge in [-0.15, -0.1) is 10.2 Å². The maximum atomic E-state index is 12.7. The van der Waals surface area contributed by atoms with Gasteiger partial charge >= 0.3 is 0 Å². The van der Waals surface area contributed by atoms with Gasteiger partial charge in [0.2, 0.25) is 5.91 Å². The summed E-state index contributed by atoms with van der Waals surface area (Å²) in [7, 11) is 0. The summed E-state index contributed by atoms with van der Waals surface area (Å²) in [6.07, 6.45) is 2.33. The highest BCUT2D eigenvalue weighted by Gasteiger charge is 2.19. The molecule has 1 unspecified atom stereocenters. The Morgan fingerprint density at radius 2 is 1.78 bits per heavy atom. The maximum Gasteiger partial charge on any atom is 0.226 e. The van der Waals surface area contributed by atoms with Crippen molar-refractivity contribution >= 4 is 52.2 Å². The molecule has 0 aliphatic heterocycles. The normalized spacial score (nSPS) is 12.2. The topological polar surface area (TPSA) is 72.0 Å². The Morgan fingerprint density at radius 1 is 1.11 bits per heavy atom. The molecule has 1 N–H and O–H groups in total. The third-order valence-corrected chi connectivity index (χ3v) is 7.05. The zero-order valence-corrected chi connectivity index (χ0v) is 18.5. The molecule has 27 heavy (non-hydrogen) atoms. The van der Waals surface area contributed by atoms with Crippen molar-refractivity contribution in [3.63, 3.8) is 0 Å². The lowest BCUT2D eigenvalue weighted by Gasteiger charge is -2.10. The van der Waals surface area contributed by atoms with Gasteiger partial charge in [-0.3, -0.25) is 9.59 Å². The quantitative estimate of drug-likeness (QED) is 0.314. The lowest BCUT2D eigenvalue weighted by Crippen LogP contribution is -2.18. The van der Waals surface area contributed by atoms with Crippen molar-refractivity contribution in [1.29, 1.82) is 0 Å². The van der Waals surface area contributed by atoms with Crippen LogP contribution in [0.4, 0.5) is 5.69 Å². The van der Waals surface area contributed by atoms with Gasteiger partial charge in [0.15, 0.2) is 14.5 Å². The number of rotatable bonds is 10. The number of nitrogens with zero attached hydrogens (tertiary/aromatic N) is 2. The monoisotopic (exact) mass is 423 g/mol. The molecule has 0 aliphatic carbocycles. The van der Waals surface area contributed by atoms with E-state index in [0.717, 1.165) is 20.9 Å². The van der Waals surface area contributed by atoms with Gasteiger partial charge in [0.1, 0.15) is 0 Å². The summed E-state index contributed by atoms with van der Waals surface area (Å²) < 4.78 is 1.77. The molecule has 0 aliphatic rings. The average molecular weight is 424 g/mol. The largest absolute Gasteiger partial charge is 0.326 e. The molecule has 2 aromatic rings. The van der Waals surface area contributed by atoms with Crippen molar-refractivity contribution in [3.8, 4) is 0 Å². The Bertz CT molecular complexity index is 760. The number of hydrogen-bond acceptors (Lipinski definition) is 7. The van der Waals surface area contributed by atoms with E-state index >= 15 is 0 Å². The van der Waals surface area contributed by atoms with E-state index in [9.17, 15) is 9.59 Å². The van der Waals surface area contributed by atoms with Crippen LogP contribution >= 0.6 is 34.9 Å². The Morgan fingerprint density at radius 3 is 2.41 bits per heavy atom. The average Bonchev–Trinajstić information content (AvgIpc) is 3.09. The van der Waals surface area contributed by atoms with Gasteiger partial charge in [-0.05, 0) is 37.6 Å². The van der Waals surface area contributed by atoms with Crippen LogP contribution in [-0.2, 0) is 4.79 Å². The predicted molar refractivity (Wildman–Crippen MR) is 115 cm³/mol. The van der Waals surface area contributed by atoms with Crippen LogP contribution in [0.25, 0.3) is 0 Å². The number of ketones is 1. The number of amides is 1. The number of thioether (sulfide) groups is 2. The Hall–Kier alpha value is -1.38. The molecule has 146 valence electrons. The van der Waals surface area contributed by atoms with Gasteiger partial charge in [0.25, 0.3) is 0 Å². The van der Waals surface area contributed by atoms with Crippen LogP contribution in [0.15, 0.2) is 32.9 Å². The molecule has 0 bridgehead atoms. The molecule has 0 radical (unpaired) electrons. The number of anilines is 1. The summed E-state index contributed by atoms with van der Waals surface area (Å²) in [6.45, 7) is 7.73. The minimum Gasteiger partial charge on any atom is -0.326 e. The van der Waals surface area contributed by atoms with E-state index in [4.69, 9.17) is 0 Å². The summed E-state index contributed by atoms with van der Waals surface area (Å²) in [6, 6.07) is 7.03. The second-order valence-corrected chi connectivity index (χ2v) is 10.3. The molecular weight excluding hydrogens is 398 g/mol. The summed E-state index contributed by atoms with van der Waals surface area (Å²) in [4.78, 5) is 24.4. The second kappa shape index (κ2) is 10.8. The number of Topliss-reactive ketones (excluding diaryl/α,β-unsaturated/α-hetero) is 1. The smallest absolute Gasteiger partial charge is 0.226 e. The molecule has 0 spiro atoms. The number of carbonyl (C=O) groups excluding carboxylic acids is 2. The molecular formula is C19H25N3O2S3. The molecule has 1 atom stereocenters. The lowest BCUT2D eigenvalue weighted by atomic mass is 10.1. The van der Waals surface area contributed by atoms with Gasteiger partial charge < -0.3 is 5.32 Å². The molecule has 1 amide bonds. The molecule has 0 saturated carbocycles. The standard InChI is InChI=1S/C19H25N3O2S3/c1-5-6-11-25-18-21-22-19(27-18)26-13(4)16(23)14-7-9-15(10-8-14)20-17(24)12(2)3/h7-10,12-13H,5-6,11H2,1-4H3,(H,20,24). The third-order valence-electron chi connectivity index (χ3n) is 3.72. The zero-order valence-electron chi connectivity index (χ0n) is 16.0. The zero-order chi connectivity index (χ0) is 19.8. The summed E-state index contributed by atoms with van der Waals surface area (Å²) in [5.74, 6) is 0.961. The number of unbranched alkanes of at least 4 members (excludes halogenated alkanes) is 1. The van der Waals surface area contributed by atoms with Crippen LogP contribution in [0.3, 0.4) is 0 Å². The van der Waals surface area contributed by atoms with Gasteiger partial charge in [0, 0.05) is 22.9 Å². The first-order valence-corrected chi connectivity index (χ1v) is 11.7. The molecule has 1 aromatic carbocycles. The van der Waals surface area contributed by atoms with Gasteiger partial charge in [-0.1, -0.05) is 62.1 Å². The number of hydrogen-bond donors (Lipinski definition) is 1. The highest BCUT2D eigenvalue weighted by molar-refractivity contribution is 8.03. The first kappa shape index (κ1) is 21.9. The first-order valence-electron chi connectivity index (χ1n) is 8.98. The number of carbonyl (C=O) groups is 2. The van der Waals surface area contributed by atoms with Crippen molar-refractivity contribution in [3.05, 3.63) is 29.8 Å². The molecule has 0 fully saturated rings. The van der Waals surface area contributed by atoms with Crippen molar-refractivity contribution in [2.24, 2.45) is 5.92 Å². The van der Waals surface area contributed by atoms with E-state index in [1.165, 1.54) is 18.2 Å². The van der Waals surface area contributed by atoms with Gasteiger partial charge in [0.05, 0.1) is 5.25 Å². The Balaban J connectivity index is 1.92. The Labute approximate surface area is 173 Å². The fourth-order valence-electron chi connectivity index (χ4n) is 2.05. The van der Waals surface area contributed by atoms with Crippen LogP contribution < -0.4 is 5.32 Å². The molecule has 1 heterocycles. The summed E-state index contributed by atoms with van der Waals surface area (Å²) in [5, 5.41) is 10.9. The number of benzene rings is 1. The van der Waals surface area contributed by atoms with Crippen molar-refractivity contribution in [2.45, 2.75) is 54.5 Å². The molecule has 5 nitrogen and oxygen atoms in total. The van der Waals surface area contributed by atoms with Crippen LogP contribution in [0.5, 0.6) is 0 Å². The lowest BCUT2D eigenvalue weighted by molar-refractivity contribution is -0.118. The van der Waals surface area contributed by atoms with E-state index in [2.05, 4.69) is 22.4 Å². The SMILES string of the molecule is CCCCSc1nnc(SC(C)C(=O)c2ccc(NC(=O)C(C)C)cc2)s1. The van der Waals surface area contributed by atoms with Gasteiger partial charge in [-0.25, -0.2) is 0 Å². The van der Waals surface area contributed by atoms with E-state index in [1.54, 1.807) is 47.4 Å². The third kappa shape index (κ3) is 6.93. The van der Waals surface area contributed by atoms with E-state index in [-0.39, 0.29) is 22.9 Å². The fraction of sp³-hybridized carbons (Fsp3) is 0.474. The highest BCUT2D eigenvalue weighted by atomic mass is 32.2. The summed E-state index contributed by atoms with van der Waals surface area (Å²) >= 11 is 4.70. The minimum atomic E-state index is -0.248. The van der Waals surface area contributed by atoms with Crippen molar-refractivity contribution in [2.75, 3.05) is 11.1 Å². The molecule has 0 saturated heterocycles.